The molecule has 12 heavy (non-hydrogen) atoms. The highest BCUT2D eigenvalue weighted by Gasteiger charge is 2.33. The first-order valence-electron chi connectivity index (χ1n) is 4.07. The van der Waals surface area contributed by atoms with Gasteiger partial charge in [-0.1, -0.05) is 13.8 Å². The molecular formula is C9H13FO2. The fourth-order valence-electron chi connectivity index (χ4n) is 1.73. The second kappa shape index (κ2) is 2.88. The quantitative estimate of drug-likeness (QED) is 0.617. The van der Waals surface area contributed by atoms with E-state index in [4.69, 9.17) is 5.11 Å². The molecule has 0 aromatic heterocycles. The fraction of sp³-hybridized carbons (Fsp3) is 0.667. The van der Waals surface area contributed by atoms with Crippen molar-refractivity contribution in [1.29, 1.82) is 0 Å². The zero-order valence-corrected chi connectivity index (χ0v) is 7.35. The summed E-state index contributed by atoms with van der Waals surface area (Å²) >= 11 is 0. The van der Waals surface area contributed by atoms with E-state index in [9.17, 15) is 9.18 Å². The molecule has 1 saturated carbocycles. The summed E-state index contributed by atoms with van der Waals surface area (Å²) in [7, 11) is 0. The Morgan fingerprint density at radius 1 is 1.58 bits per heavy atom. The van der Waals surface area contributed by atoms with Crippen molar-refractivity contribution in [3.05, 3.63) is 11.4 Å². The van der Waals surface area contributed by atoms with Crippen LogP contribution in [0, 0.1) is 5.41 Å². The summed E-state index contributed by atoms with van der Waals surface area (Å²) in [4.78, 5) is 10.3. The van der Waals surface area contributed by atoms with E-state index in [1.54, 1.807) is 0 Å². The molecule has 1 rings (SSSR count). The topological polar surface area (TPSA) is 37.3 Å². The molecule has 0 aliphatic heterocycles. The number of allylic oxidation sites excluding steroid dienone is 1. The van der Waals surface area contributed by atoms with E-state index in [1.807, 2.05) is 13.8 Å². The highest BCUT2D eigenvalue weighted by molar-refractivity contribution is 5.85. The van der Waals surface area contributed by atoms with Crippen LogP contribution in [0.3, 0.4) is 0 Å². The molecule has 0 bridgehead atoms. The molecule has 1 fully saturated rings. The highest BCUT2D eigenvalue weighted by atomic mass is 19.1. The Balaban J connectivity index is 3.01. The van der Waals surface area contributed by atoms with E-state index < -0.39 is 11.8 Å². The van der Waals surface area contributed by atoms with Gasteiger partial charge in [-0.25, -0.2) is 4.79 Å². The summed E-state index contributed by atoms with van der Waals surface area (Å²) in [5.41, 5.74) is 0.206. The van der Waals surface area contributed by atoms with Crippen LogP contribution in [0.5, 0.6) is 0 Å². The number of hydrogen-bond acceptors (Lipinski definition) is 1. The smallest absolute Gasteiger partial charge is 0.364 e. The van der Waals surface area contributed by atoms with Gasteiger partial charge in [-0.2, -0.15) is 4.39 Å². The maximum absolute atomic E-state index is 13.0. The van der Waals surface area contributed by atoms with Crippen molar-refractivity contribution in [3.63, 3.8) is 0 Å². The van der Waals surface area contributed by atoms with Crippen molar-refractivity contribution < 1.29 is 14.3 Å². The van der Waals surface area contributed by atoms with Gasteiger partial charge in [0.25, 0.3) is 0 Å². The Labute approximate surface area is 71.1 Å². The van der Waals surface area contributed by atoms with Gasteiger partial charge in [0.2, 0.25) is 5.83 Å². The Morgan fingerprint density at radius 2 is 2.17 bits per heavy atom. The highest BCUT2D eigenvalue weighted by Crippen LogP contribution is 2.43. The van der Waals surface area contributed by atoms with Crippen LogP contribution in [-0.2, 0) is 4.79 Å². The van der Waals surface area contributed by atoms with E-state index in [0.29, 0.717) is 12.0 Å². The average molecular weight is 172 g/mol. The third-order valence-corrected chi connectivity index (χ3v) is 2.50. The van der Waals surface area contributed by atoms with Gasteiger partial charge in [-0.3, -0.25) is 0 Å². The number of carbonyl (C=O) groups is 1. The molecule has 2 nitrogen and oxygen atoms in total. The lowest BCUT2D eigenvalue weighted by Gasteiger charge is -2.19. The van der Waals surface area contributed by atoms with Gasteiger partial charge in [0, 0.05) is 0 Å². The van der Waals surface area contributed by atoms with Gasteiger partial charge in [0.05, 0.1) is 0 Å². The minimum absolute atomic E-state index is 0.261. The second-order valence-electron chi connectivity index (χ2n) is 3.84. The minimum atomic E-state index is -1.43. The van der Waals surface area contributed by atoms with Crippen LogP contribution in [0.4, 0.5) is 4.39 Å². The largest absolute Gasteiger partial charge is 0.476 e. The molecule has 0 atom stereocenters. The molecule has 0 amide bonds. The first kappa shape index (κ1) is 9.23. The SMILES string of the molecule is CC1(C)CCCC1=C(F)C(=O)O. The van der Waals surface area contributed by atoms with Gasteiger partial charge in [-0.15, -0.1) is 0 Å². The van der Waals surface area contributed by atoms with Gasteiger partial charge in [-0.05, 0) is 30.3 Å². The van der Waals surface area contributed by atoms with Crippen LogP contribution in [0.1, 0.15) is 33.1 Å². The van der Waals surface area contributed by atoms with Crippen molar-refractivity contribution >= 4 is 5.97 Å². The van der Waals surface area contributed by atoms with Gasteiger partial charge in [0.1, 0.15) is 0 Å². The third kappa shape index (κ3) is 1.49. The lowest BCUT2D eigenvalue weighted by molar-refractivity contribution is -0.134. The lowest BCUT2D eigenvalue weighted by atomic mass is 9.86. The maximum Gasteiger partial charge on any atom is 0.364 e. The van der Waals surface area contributed by atoms with Gasteiger partial charge >= 0.3 is 5.97 Å². The molecule has 1 aliphatic rings. The minimum Gasteiger partial charge on any atom is -0.476 e. The number of carboxylic acid groups (broad SMARTS) is 1. The molecule has 0 radical (unpaired) electrons. The lowest BCUT2D eigenvalue weighted by Crippen LogP contribution is -2.11. The van der Waals surface area contributed by atoms with E-state index in [2.05, 4.69) is 0 Å². The standard InChI is InChI=1S/C9H13FO2/c1-9(2)5-3-4-6(9)7(10)8(11)12/h3-5H2,1-2H3,(H,11,12). The molecule has 68 valence electrons. The molecule has 0 saturated heterocycles. The molecule has 1 N–H and O–H groups in total. The predicted octanol–water partition coefficient (Wildman–Crippen LogP) is 2.50. The van der Waals surface area contributed by atoms with Crippen molar-refractivity contribution in [2.24, 2.45) is 5.41 Å². The van der Waals surface area contributed by atoms with E-state index in [-0.39, 0.29) is 5.41 Å². The van der Waals surface area contributed by atoms with Crippen LogP contribution in [-0.4, -0.2) is 11.1 Å². The number of aliphatic carboxylic acids is 1. The first-order chi connectivity index (χ1) is 5.45. The van der Waals surface area contributed by atoms with Crippen molar-refractivity contribution in [2.45, 2.75) is 33.1 Å². The number of hydrogen-bond donors (Lipinski definition) is 1. The average Bonchev–Trinajstić information content (AvgIpc) is 2.27. The van der Waals surface area contributed by atoms with Crippen LogP contribution < -0.4 is 0 Å². The summed E-state index contributed by atoms with van der Waals surface area (Å²) in [6, 6.07) is 0. The predicted molar refractivity (Wildman–Crippen MR) is 43.4 cm³/mol. The number of halogens is 1. The third-order valence-electron chi connectivity index (χ3n) is 2.50. The van der Waals surface area contributed by atoms with Crippen LogP contribution in [0.25, 0.3) is 0 Å². The molecular weight excluding hydrogens is 159 g/mol. The van der Waals surface area contributed by atoms with Crippen LogP contribution in [0.2, 0.25) is 0 Å². The summed E-state index contributed by atoms with van der Waals surface area (Å²) in [5.74, 6) is -2.38. The normalized spacial score (nSPS) is 25.6. The zero-order valence-electron chi connectivity index (χ0n) is 7.35. The van der Waals surface area contributed by atoms with Crippen LogP contribution in [0.15, 0.2) is 11.4 Å². The molecule has 0 spiro atoms. The molecule has 1 aliphatic carbocycles. The molecule has 0 aromatic carbocycles. The van der Waals surface area contributed by atoms with Gasteiger partial charge < -0.3 is 5.11 Å². The monoisotopic (exact) mass is 172 g/mol. The Bertz CT molecular complexity index is 241. The summed E-state index contributed by atoms with van der Waals surface area (Å²) < 4.78 is 13.0. The summed E-state index contributed by atoms with van der Waals surface area (Å²) in [6.07, 6.45) is 2.36. The summed E-state index contributed by atoms with van der Waals surface area (Å²) in [5, 5.41) is 8.44. The Morgan fingerprint density at radius 3 is 2.50 bits per heavy atom. The summed E-state index contributed by atoms with van der Waals surface area (Å²) in [6.45, 7) is 3.77. The fourth-order valence-corrected chi connectivity index (χ4v) is 1.73. The number of rotatable bonds is 1. The van der Waals surface area contributed by atoms with Crippen LogP contribution >= 0.6 is 0 Å². The van der Waals surface area contributed by atoms with E-state index in [1.165, 1.54) is 0 Å². The van der Waals surface area contributed by atoms with Crippen molar-refractivity contribution in [3.8, 4) is 0 Å². The maximum atomic E-state index is 13.0. The van der Waals surface area contributed by atoms with Crippen molar-refractivity contribution in [2.75, 3.05) is 0 Å². The van der Waals surface area contributed by atoms with E-state index in [0.717, 1.165) is 12.8 Å². The van der Waals surface area contributed by atoms with Gasteiger partial charge in [0.15, 0.2) is 0 Å². The molecule has 0 heterocycles. The first-order valence-corrected chi connectivity index (χ1v) is 4.07. The molecule has 0 unspecified atom stereocenters. The van der Waals surface area contributed by atoms with E-state index >= 15 is 0 Å². The number of carboxylic acids is 1. The Hall–Kier alpha value is -0.860. The molecule has 0 aromatic rings. The Kier molecular flexibility index (Phi) is 2.22. The second-order valence-corrected chi connectivity index (χ2v) is 3.84. The zero-order chi connectivity index (χ0) is 9.35. The molecule has 3 heteroatoms. The van der Waals surface area contributed by atoms with Crippen molar-refractivity contribution in [1.82, 2.24) is 0 Å².